The van der Waals surface area contributed by atoms with Crippen molar-refractivity contribution in [2.45, 2.75) is 25.3 Å². The minimum atomic E-state index is -1.09. The van der Waals surface area contributed by atoms with E-state index in [1.807, 2.05) is 16.8 Å². The van der Waals surface area contributed by atoms with Gasteiger partial charge in [0, 0.05) is 43.9 Å². The Morgan fingerprint density at radius 1 is 1.48 bits per heavy atom. The van der Waals surface area contributed by atoms with E-state index in [1.54, 1.807) is 0 Å². The third kappa shape index (κ3) is 5.15. The van der Waals surface area contributed by atoms with Gasteiger partial charge in [-0.25, -0.2) is 4.79 Å². The lowest BCUT2D eigenvalue weighted by Crippen LogP contribution is -2.41. The number of thiophene rings is 1. The van der Waals surface area contributed by atoms with E-state index in [-0.39, 0.29) is 31.8 Å². The molecule has 0 saturated heterocycles. The van der Waals surface area contributed by atoms with E-state index < -0.39 is 12.0 Å². The highest BCUT2D eigenvalue weighted by molar-refractivity contribution is 7.08. The minimum Gasteiger partial charge on any atom is -0.480 e. The third-order valence-electron chi connectivity index (χ3n) is 3.04. The minimum absolute atomic E-state index is 0.0715. The molecule has 23 heavy (non-hydrogen) atoms. The molecule has 2 aromatic rings. The van der Waals surface area contributed by atoms with Crippen LogP contribution in [0.25, 0.3) is 11.5 Å². The Kier molecular flexibility index (Phi) is 6.24. The number of nitrogens with one attached hydrogen (secondary N) is 1. The van der Waals surface area contributed by atoms with Crippen LogP contribution in [0.3, 0.4) is 0 Å². The molecule has 9 heteroatoms. The number of amides is 1. The molecule has 0 bridgehead atoms. The number of methoxy groups -OCH3 is 1. The van der Waals surface area contributed by atoms with E-state index in [0.717, 1.165) is 5.56 Å². The molecular weight excluding hydrogens is 322 g/mol. The Hall–Kier alpha value is -2.26. The average molecular weight is 339 g/mol. The zero-order valence-corrected chi connectivity index (χ0v) is 13.3. The first kappa shape index (κ1) is 17.1. The first-order chi connectivity index (χ1) is 11.1. The quantitative estimate of drug-likeness (QED) is 0.708. The number of ether oxygens (including phenoxy) is 1. The Bertz CT molecular complexity index is 641. The van der Waals surface area contributed by atoms with E-state index in [4.69, 9.17) is 14.3 Å². The second-order valence-corrected chi connectivity index (χ2v) is 5.53. The summed E-state index contributed by atoms with van der Waals surface area (Å²) < 4.78 is 10.3. The Balaban J connectivity index is 1.83. The normalized spacial score (nSPS) is 12.0. The van der Waals surface area contributed by atoms with E-state index in [9.17, 15) is 9.59 Å². The molecule has 8 nitrogen and oxygen atoms in total. The van der Waals surface area contributed by atoms with Gasteiger partial charge in [-0.1, -0.05) is 0 Å². The molecule has 0 fully saturated rings. The maximum absolute atomic E-state index is 11.8. The predicted molar refractivity (Wildman–Crippen MR) is 82.0 cm³/mol. The lowest BCUT2D eigenvalue weighted by molar-refractivity contribution is -0.142. The Morgan fingerprint density at radius 3 is 2.96 bits per heavy atom. The molecule has 1 unspecified atom stereocenters. The van der Waals surface area contributed by atoms with Crippen molar-refractivity contribution in [1.82, 2.24) is 15.5 Å². The first-order valence-corrected chi connectivity index (χ1v) is 7.90. The van der Waals surface area contributed by atoms with Gasteiger partial charge in [0.15, 0.2) is 0 Å². The maximum Gasteiger partial charge on any atom is 0.326 e. The molecule has 0 aliphatic rings. The summed E-state index contributed by atoms with van der Waals surface area (Å²) >= 11 is 1.52. The standard InChI is InChI=1S/C14H17N3O5S/c1-21-6-4-10(14(19)20)15-11(18)2-3-12-16-17-13(22-12)9-5-7-23-8-9/h5,7-8,10H,2-4,6H2,1H3,(H,15,18)(H,19,20). The molecule has 124 valence electrons. The largest absolute Gasteiger partial charge is 0.480 e. The summed E-state index contributed by atoms with van der Waals surface area (Å²) in [5.74, 6) is -0.730. The van der Waals surface area contributed by atoms with Crippen LogP contribution in [0.1, 0.15) is 18.7 Å². The van der Waals surface area contributed by atoms with Crippen molar-refractivity contribution in [2.75, 3.05) is 13.7 Å². The van der Waals surface area contributed by atoms with Gasteiger partial charge in [-0.05, 0) is 11.4 Å². The van der Waals surface area contributed by atoms with Crippen molar-refractivity contribution in [1.29, 1.82) is 0 Å². The molecule has 0 aromatic carbocycles. The summed E-state index contributed by atoms with van der Waals surface area (Å²) in [7, 11) is 1.47. The lowest BCUT2D eigenvalue weighted by Gasteiger charge is -2.13. The number of aromatic nitrogens is 2. The van der Waals surface area contributed by atoms with Crippen LogP contribution in [-0.2, 0) is 20.7 Å². The van der Waals surface area contributed by atoms with Crippen molar-refractivity contribution in [3.63, 3.8) is 0 Å². The summed E-state index contributed by atoms with van der Waals surface area (Å²) in [5, 5.41) is 23.1. The highest BCUT2D eigenvalue weighted by Gasteiger charge is 2.20. The number of carboxylic acid groups (broad SMARTS) is 1. The fraction of sp³-hybridized carbons (Fsp3) is 0.429. The molecule has 1 atom stereocenters. The maximum atomic E-state index is 11.8. The third-order valence-corrected chi connectivity index (χ3v) is 3.73. The van der Waals surface area contributed by atoms with Crippen LogP contribution >= 0.6 is 11.3 Å². The summed E-state index contributed by atoms with van der Waals surface area (Å²) in [6.45, 7) is 0.255. The highest BCUT2D eigenvalue weighted by Crippen LogP contribution is 2.20. The van der Waals surface area contributed by atoms with Crippen molar-refractivity contribution in [3.05, 3.63) is 22.7 Å². The molecule has 2 aromatic heterocycles. The topological polar surface area (TPSA) is 115 Å². The van der Waals surface area contributed by atoms with Crippen molar-refractivity contribution in [2.24, 2.45) is 0 Å². The molecule has 0 saturated carbocycles. The fourth-order valence-electron chi connectivity index (χ4n) is 1.84. The van der Waals surface area contributed by atoms with Crippen molar-refractivity contribution in [3.8, 4) is 11.5 Å². The van der Waals surface area contributed by atoms with Crippen LogP contribution in [0.2, 0.25) is 0 Å². The van der Waals surface area contributed by atoms with Gasteiger partial charge in [0.2, 0.25) is 17.7 Å². The molecule has 0 aliphatic carbocycles. The number of carboxylic acids is 1. The second-order valence-electron chi connectivity index (χ2n) is 4.75. The van der Waals surface area contributed by atoms with E-state index in [2.05, 4.69) is 15.5 Å². The van der Waals surface area contributed by atoms with Gasteiger partial charge in [-0.15, -0.1) is 10.2 Å². The number of hydrogen-bond donors (Lipinski definition) is 2. The van der Waals surface area contributed by atoms with Crippen LogP contribution in [-0.4, -0.2) is 46.9 Å². The van der Waals surface area contributed by atoms with Gasteiger partial charge >= 0.3 is 5.97 Å². The monoisotopic (exact) mass is 339 g/mol. The lowest BCUT2D eigenvalue weighted by atomic mass is 10.2. The molecule has 0 aliphatic heterocycles. The first-order valence-electron chi connectivity index (χ1n) is 6.96. The number of carbonyl (C=O) groups is 2. The van der Waals surface area contributed by atoms with Crippen molar-refractivity contribution >= 4 is 23.2 Å². The van der Waals surface area contributed by atoms with Gasteiger partial charge < -0.3 is 19.6 Å². The van der Waals surface area contributed by atoms with Gasteiger partial charge in [0.1, 0.15) is 6.04 Å². The number of carbonyl (C=O) groups excluding carboxylic acids is 1. The highest BCUT2D eigenvalue weighted by atomic mass is 32.1. The van der Waals surface area contributed by atoms with Crippen molar-refractivity contribution < 1.29 is 23.8 Å². The summed E-state index contributed by atoms with van der Waals surface area (Å²) in [5.41, 5.74) is 0.837. The van der Waals surface area contributed by atoms with E-state index >= 15 is 0 Å². The zero-order valence-electron chi connectivity index (χ0n) is 12.5. The Labute approximate surface area is 136 Å². The summed E-state index contributed by atoms with van der Waals surface area (Å²) in [6, 6.07) is 0.897. The van der Waals surface area contributed by atoms with Crippen LogP contribution in [0.5, 0.6) is 0 Å². The molecule has 2 heterocycles. The summed E-state index contributed by atoms with van der Waals surface area (Å²) in [4.78, 5) is 22.9. The van der Waals surface area contributed by atoms with E-state index in [0.29, 0.717) is 11.8 Å². The van der Waals surface area contributed by atoms with E-state index in [1.165, 1.54) is 18.4 Å². The summed E-state index contributed by atoms with van der Waals surface area (Å²) in [6.07, 6.45) is 0.530. The molecule has 0 radical (unpaired) electrons. The van der Waals surface area contributed by atoms with Crippen LogP contribution in [0.4, 0.5) is 0 Å². The predicted octanol–water partition coefficient (Wildman–Crippen LogP) is 1.34. The van der Waals surface area contributed by atoms with Gasteiger partial charge in [0.25, 0.3) is 0 Å². The van der Waals surface area contributed by atoms with Crippen LogP contribution in [0, 0.1) is 0 Å². The van der Waals surface area contributed by atoms with Crippen LogP contribution in [0.15, 0.2) is 21.2 Å². The molecule has 2 N–H and O–H groups in total. The average Bonchev–Trinajstić information content (AvgIpc) is 3.19. The van der Waals surface area contributed by atoms with Crippen LogP contribution < -0.4 is 5.32 Å². The number of rotatable bonds is 9. The Morgan fingerprint density at radius 2 is 2.30 bits per heavy atom. The van der Waals surface area contributed by atoms with Gasteiger partial charge in [0.05, 0.1) is 0 Å². The zero-order chi connectivity index (χ0) is 16.7. The molecule has 1 amide bonds. The fourth-order valence-corrected chi connectivity index (χ4v) is 2.47. The molecular formula is C14H17N3O5S. The smallest absolute Gasteiger partial charge is 0.326 e. The van der Waals surface area contributed by atoms with Gasteiger partial charge in [-0.2, -0.15) is 11.3 Å². The number of hydrogen-bond acceptors (Lipinski definition) is 7. The molecule has 2 rings (SSSR count). The SMILES string of the molecule is COCCC(NC(=O)CCc1nnc(-c2ccsc2)o1)C(=O)O. The number of nitrogens with zero attached hydrogens (tertiary/aromatic N) is 2. The number of aliphatic carboxylic acids is 1. The second kappa shape index (κ2) is 8.39. The van der Waals surface area contributed by atoms with Gasteiger partial charge in [-0.3, -0.25) is 4.79 Å². The molecule has 0 spiro atoms. The number of aryl methyl sites for hydroxylation is 1.